The normalized spacial score (nSPS) is 10.4. The molecular weight excluding hydrogens is 376 g/mol. The van der Waals surface area contributed by atoms with Gasteiger partial charge in [0.25, 0.3) is 5.69 Å². The fourth-order valence-corrected chi connectivity index (χ4v) is 2.43. The number of carbonyl (C=O) groups excluding carboxylic acids is 1. The summed E-state index contributed by atoms with van der Waals surface area (Å²) in [6.45, 7) is -0.215. The van der Waals surface area contributed by atoms with E-state index in [9.17, 15) is 14.9 Å². The van der Waals surface area contributed by atoms with Crippen molar-refractivity contribution in [2.24, 2.45) is 0 Å². The number of halogens is 1. The maximum Gasteiger partial charge on any atom is 0.289 e. The van der Waals surface area contributed by atoms with Crippen LogP contribution in [0.25, 0.3) is 11.4 Å². The van der Waals surface area contributed by atoms with E-state index in [2.05, 4.69) is 20.7 Å². The molecule has 3 aromatic rings. The van der Waals surface area contributed by atoms with Crippen LogP contribution < -0.4 is 10.1 Å². The summed E-state index contributed by atoms with van der Waals surface area (Å²) in [5, 5.41) is 25.3. The summed E-state index contributed by atoms with van der Waals surface area (Å²) >= 11 is 5.74. The first-order chi connectivity index (χ1) is 13.0. The Morgan fingerprint density at radius 2 is 2.15 bits per heavy atom. The van der Waals surface area contributed by atoms with Crippen LogP contribution in [0.5, 0.6) is 5.75 Å². The number of tetrazole rings is 1. The summed E-state index contributed by atoms with van der Waals surface area (Å²) in [6, 6.07) is 11.1. The van der Waals surface area contributed by atoms with Gasteiger partial charge >= 0.3 is 0 Å². The van der Waals surface area contributed by atoms with Gasteiger partial charge in [0, 0.05) is 17.3 Å². The van der Waals surface area contributed by atoms with Crippen molar-refractivity contribution in [2.45, 2.75) is 6.54 Å². The molecule has 0 aliphatic heterocycles. The van der Waals surface area contributed by atoms with Crippen LogP contribution in [-0.2, 0) is 11.3 Å². The summed E-state index contributed by atoms with van der Waals surface area (Å²) in [6.07, 6.45) is 0. The van der Waals surface area contributed by atoms with Crippen molar-refractivity contribution in [3.63, 3.8) is 0 Å². The third-order valence-corrected chi connectivity index (χ3v) is 3.81. The highest BCUT2D eigenvalue weighted by Gasteiger charge is 2.15. The lowest BCUT2D eigenvalue weighted by Gasteiger charge is -2.05. The van der Waals surface area contributed by atoms with E-state index in [1.54, 1.807) is 31.4 Å². The SMILES string of the molecule is COc1cccc(-c2nnn(CC(=O)Nc3ccc(Cl)c([N+](=O)[O-])c3)n2)c1. The lowest BCUT2D eigenvalue weighted by atomic mass is 10.2. The summed E-state index contributed by atoms with van der Waals surface area (Å²) in [5.41, 5.74) is 0.632. The minimum absolute atomic E-state index is 0.0149. The van der Waals surface area contributed by atoms with Crippen molar-refractivity contribution in [1.82, 2.24) is 20.2 Å². The lowest BCUT2D eigenvalue weighted by Crippen LogP contribution is -2.20. The number of rotatable bonds is 6. The highest BCUT2D eigenvalue weighted by molar-refractivity contribution is 6.32. The van der Waals surface area contributed by atoms with Gasteiger partial charge in [-0.15, -0.1) is 10.2 Å². The van der Waals surface area contributed by atoms with Crippen molar-refractivity contribution >= 4 is 28.9 Å². The zero-order valence-corrected chi connectivity index (χ0v) is 14.8. The van der Waals surface area contributed by atoms with Crippen molar-refractivity contribution in [3.05, 3.63) is 57.6 Å². The minimum Gasteiger partial charge on any atom is -0.497 e. The second kappa shape index (κ2) is 7.79. The maximum absolute atomic E-state index is 12.1. The number of hydrogen-bond acceptors (Lipinski definition) is 7. The summed E-state index contributed by atoms with van der Waals surface area (Å²) in [5.74, 6) is 0.510. The fourth-order valence-electron chi connectivity index (χ4n) is 2.25. The van der Waals surface area contributed by atoms with Gasteiger partial charge in [-0.2, -0.15) is 4.80 Å². The molecule has 0 unspecified atom stereocenters. The van der Waals surface area contributed by atoms with Crippen LogP contribution in [0.15, 0.2) is 42.5 Å². The Morgan fingerprint density at radius 3 is 2.89 bits per heavy atom. The molecule has 10 nitrogen and oxygen atoms in total. The van der Waals surface area contributed by atoms with Crippen molar-refractivity contribution in [3.8, 4) is 17.1 Å². The van der Waals surface area contributed by atoms with E-state index >= 15 is 0 Å². The Labute approximate surface area is 157 Å². The standard InChI is InChI=1S/C16H13ClN6O4/c1-27-12-4-2-3-10(7-12)16-19-21-22(20-16)9-15(24)18-11-5-6-13(17)14(8-11)23(25)26/h2-8H,9H2,1H3,(H,18,24). The van der Waals surface area contributed by atoms with Crippen molar-refractivity contribution in [2.75, 3.05) is 12.4 Å². The molecule has 1 aromatic heterocycles. The molecule has 0 saturated carbocycles. The van der Waals surface area contributed by atoms with Gasteiger partial charge in [-0.1, -0.05) is 23.7 Å². The Morgan fingerprint density at radius 1 is 1.33 bits per heavy atom. The van der Waals surface area contributed by atoms with E-state index in [0.29, 0.717) is 17.1 Å². The average molecular weight is 389 g/mol. The first-order valence-corrected chi connectivity index (χ1v) is 8.00. The van der Waals surface area contributed by atoms with Gasteiger partial charge in [-0.3, -0.25) is 14.9 Å². The molecule has 27 heavy (non-hydrogen) atoms. The first kappa shape index (κ1) is 18.3. The van der Waals surface area contributed by atoms with Crippen LogP contribution in [-0.4, -0.2) is 38.1 Å². The van der Waals surface area contributed by atoms with E-state index in [1.165, 1.54) is 18.2 Å². The van der Waals surface area contributed by atoms with E-state index in [-0.39, 0.29) is 22.9 Å². The topological polar surface area (TPSA) is 125 Å². The molecule has 0 spiro atoms. The van der Waals surface area contributed by atoms with Gasteiger partial charge in [-0.05, 0) is 29.5 Å². The molecule has 1 heterocycles. The third kappa shape index (κ3) is 4.36. The third-order valence-electron chi connectivity index (χ3n) is 3.49. The monoisotopic (exact) mass is 388 g/mol. The van der Waals surface area contributed by atoms with Crippen LogP contribution in [0, 0.1) is 10.1 Å². The highest BCUT2D eigenvalue weighted by Crippen LogP contribution is 2.27. The second-order valence-corrected chi connectivity index (χ2v) is 5.75. The molecule has 0 radical (unpaired) electrons. The molecule has 138 valence electrons. The molecule has 0 aliphatic rings. The van der Waals surface area contributed by atoms with Crippen molar-refractivity contribution in [1.29, 1.82) is 0 Å². The van der Waals surface area contributed by atoms with Gasteiger partial charge in [0.05, 0.1) is 12.0 Å². The van der Waals surface area contributed by atoms with E-state index < -0.39 is 10.8 Å². The molecular formula is C16H13ClN6O4. The number of ether oxygens (including phenoxy) is 1. The Bertz CT molecular complexity index is 1010. The smallest absolute Gasteiger partial charge is 0.289 e. The van der Waals surface area contributed by atoms with Crippen LogP contribution >= 0.6 is 11.6 Å². The Balaban J connectivity index is 1.69. The molecule has 11 heteroatoms. The highest BCUT2D eigenvalue weighted by atomic mass is 35.5. The zero-order chi connectivity index (χ0) is 19.4. The van der Waals surface area contributed by atoms with Crippen LogP contribution in [0.3, 0.4) is 0 Å². The Hall–Kier alpha value is -3.53. The molecule has 1 N–H and O–H groups in total. The molecule has 1 amide bonds. The number of carbonyl (C=O) groups is 1. The van der Waals surface area contributed by atoms with Gasteiger partial charge in [0.15, 0.2) is 0 Å². The van der Waals surface area contributed by atoms with Gasteiger partial charge < -0.3 is 10.1 Å². The molecule has 2 aromatic carbocycles. The van der Waals surface area contributed by atoms with E-state index in [4.69, 9.17) is 16.3 Å². The molecule has 3 rings (SSSR count). The van der Waals surface area contributed by atoms with Gasteiger partial charge in [0.1, 0.15) is 17.3 Å². The largest absolute Gasteiger partial charge is 0.497 e. The molecule has 0 fully saturated rings. The number of methoxy groups -OCH3 is 1. The zero-order valence-electron chi connectivity index (χ0n) is 14.0. The van der Waals surface area contributed by atoms with Crippen LogP contribution in [0.1, 0.15) is 0 Å². The quantitative estimate of drug-likeness (QED) is 0.508. The second-order valence-electron chi connectivity index (χ2n) is 5.35. The number of aromatic nitrogens is 4. The van der Waals surface area contributed by atoms with E-state index in [0.717, 1.165) is 4.80 Å². The minimum atomic E-state index is -0.628. The maximum atomic E-state index is 12.1. The lowest BCUT2D eigenvalue weighted by molar-refractivity contribution is -0.384. The molecule has 0 saturated heterocycles. The predicted octanol–water partition coefficient (Wildman–Crippen LogP) is 2.55. The fraction of sp³-hybridized carbons (Fsp3) is 0.125. The number of amides is 1. The number of anilines is 1. The van der Waals surface area contributed by atoms with Gasteiger partial charge in [0.2, 0.25) is 11.7 Å². The molecule has 0 atom stereocenters. The van der Waals surface area contributed by atoms with Crippen molar-refractivity contribution < 1.29 is 14.5 Å². The predicted molar refractivity (Wildman–Crippen MR) is 96.5 cm³/mol. The number of nitro benzene ring substituents is 1. The molecule has 0 bridgehead atoms. The van der Waals surface area contributed by atoms with Gasteiger partial charge in [-0.25, -0.2) is 0 Å². The number of nitro groups is 1. The van der Waals surface area contributed by atoms with E-state index in [1.807, 2.05) is 0 Å². The van der Waals surface area contributed by atoms with Crippen LogP contribution in [0.2, 0.25) is 5.02 Å². The summed E-state index contributed by atoms with van der Waals surface area (Å²) in [7, 11) is 1.55. The summed E-state index contributed by atoms with van der Waals surface area (Å²) in [4.78, 5) is 23.5. The number of hydrogen-bond donors (Lipinski definition) is 1. The number of nitrogens with zero attached hydrogens (tertiary/aromatic N) is 5. The Kier molecular flexibility index (Phi) is 5.27. The average Bonchev–Trinajstić information content (AvgIpc) is 3.11. The van der Waals surface area contributed by atoms with Crippen LogP contribution in [0.4, 0.5) is 11.4 Å². The number of benzene rings is 2. The molecule has 0 aliphatic carbocycles. The number of nitrogens with one attached hydrogen (secondary N) is 1. The summed E-state index contributed by atoms with van der Waals surface area (Å²) < 4.78 is 5.14. The first-order valence-electron chi connectivity index (χ1n) is 7.62.